The number of aryl methyl sites for hydroxylation is 1. The highest BCUT2D eigenvalue weighted by molar-refractivity contribution is 5.95. The topological polar surface area (TPSA) is 38.3 Å². The molecule has 1 amide bonds. The molecule has 126 valence electrons. The Kier molecular flexibility index (Phi) is 3.92. The molecule has 2 aliphatic rings. The average molecular weight is 331 g/mol. The smallest absolute Gasteiger partial charge is 0.255 e. The zero-order valence-corrected chi connectivity index (χ0v) is 14.2. The molecule has 4 rings (SSSR count). The summed E-state index contributed by atoms with van der Waals surface area (Å²) in [6.07, 6.45) is 8.04. The van der Waals surface area contributed by atoms with Crippen molar-refractivity contribution in [1.82, 2.24) is 5.32 Å². The van der Waals surface area contributed by atoms with E-state index < -0.39 is 0 Å². The van der Waals surface area contributed by atoms with E-state index in [1.807, 2.05) is 60.7 Å². The van der Waals surface area contributed by atoms with E-state index in [1.54, 1.807) is 0 Å². The number of rotatable bonds is 5. The van der Waals surface area contributed by atoms with Gasteiger partial charge in [0.15, 0.2) is 0 Å². The van der Waals surface area contributed by atoms with E-state index in [2.05, 4.69) is 24.4 Å². The van der Waals surface area contributed by atoms with Crippen LogP contribution in [0.25, 0.3) is 0 Å². The Bertz CT molecular complexity index is 836. The molecule has 3 heteroatoms. The average Bonchev–Trinajstić information content (AvgIpc) is 3.35. The minimum Gasteiger partial charge on any atom is -0.483 e. The molecule has 1 fully saturated rings. The Labute approximate surface area is 148 Å². The molecule has 0 aromatic heterocycles. The Balaban J connectivity index is 1.40. The second-order valence-electron chi connectivity index (χ2n) is 6.64. The number of para-hydroxylation sites is 1. The maximum absolute atomic E-state index is 12.4. The summed E-state index contributed by atoms with van der Waals surface area (Å²) in [6, 6.07) is 17.6. The van der Waals surface area contributed by atoms with Crippen LogP contribution in [0.15, 0.2) is 78.5 Å². The third kappa shape index (κ3) is 3.22. The number of benzene rings is 2. The van der Waals surface area contributed by atoms with Crippen LogP contribution in [0, 0.1) is 5.92 Å². The van der Waals surface area contributed by atoms with E-state index in [0.717, 1.165) is 24.3 Å². The molecule has 25 heavy (non-hydrogen) atoms. The standard InChI is InChI=1S/C22H21NO2/c1-2-16-8-10-17(11-9-16)21(24)23-19-12-13-22(15-18(22)14-19)25-20-6-4-3-5-7-20/h3-14,18H,2,15H2,1H3,(H,23,24). The molecule has 2 aromatic carbocycles. The van der Waals surface area contributed by atoms with Crippen molar-refractivity contribution in [3.8, 4) is 5.75 Å². The fourth-order valence-corrected chi connectivity index (χ4v) is 3.22. The number of ether oxygens (including phenoxy) is 1. The molecule has 1 saturated carbocycles. The summed E-state index contributed by atoms with van der Waals surface area (Å²) in [6.45, 7) is 2.10. The summed E-state index contributed by atoms with van der Waals surface area (Å²) in [7, 11) is 0. The lowest BCUT2D eigenvalue weighted by atomic mass is 10.1. The van der Waals surface area contributed by atoms with Crippen LogP contribution in [0.2, 0.25) is 0 Å². The maximum atomic E-state index is 12.4. The number of nitrogens with one attached hydrogen (secondary N) is 1. The third-order valence-corrected chi connectivity index (χ3v) is 4.87. The van der Waals surface area contributed by atoms with Crippen molar-refractivity contribution in [2.75, 3.05) is 0 Å². The predicted molar refractivity (Wildman–Crippen MR) is 98.4 cm³/mol. The largest absolute Gasteiger partial charge is 0.483 e. The van der Waals surface area contributed by atoms with E-state index in [1.165, 1.54) is 5.56 Å². The van der Waals surface area contributed by atoms with Gasteiger partial charge in [-0.3, -0.25) is 4.79 Å². The normalized spacial score (nSPS) is 23.4. The van der Waals surface area contributed by atoms with Gasteiger partial charge >= 0.3 is 0 Å². The molecular formula is C22H21NO2. The van der Waals surface area contributed by atoms with Gasteiger partial charge in [-0.15, -0.1) is 0 Å². The molecule has 0 spiro atoms. The van der Waals surface area contributed by atoms with E-state index in [9.17, 15) is 4.79 Å². The first-order valence-corrected chi connectivity index (χ1v) is 8.74. The molecule has 0 heterocycles. The maximum Gasteiger partial charge on any atom is 0.255 e. The summed E-state index contributed by atoms with van der Waals surface area (Å²) in [4.78, 5) is 12.4. The monoisotopic (exact) mass is 331 g/mol. The Morgan fingerprint density at radius 1 is 1.16 bits per heavy atom. The number of amides is 1. The second kappa shape index (κ2) is 6.25. The van der Waals surface area contributed by atoms with Crippen LogP contribution in [-0.2, 0) is 6.42 Å². The van der Waals surface area contributed by atoms with Crippen molar-refractivity contribution in [2.45, 2.75) is 25.4 Å². The zero-order valence-electron chi connectivity index (χ0n) is 14.2. The van der Waals surface area contributed by atoms with Gasteiger partial charge in [-0.2, -0.15) is 0 Å². The number of carbonyl (C=O) groups excluding carboxylic acids is 1. The molecule has 1 N–H and O–H groups in total. The molecule has 3 nitrogen and oxygen atoms in total. The molecule has 0 aliphatic heterocycles. The number of carbonyl (C=O) groups is 1. The van der Waals surface area contributed by atoms with Gasteiger partial charge in [0, 0.05) is 23.6 Å². The summed E-state index contributed by atoms with van der Waals surface area (Å²) < 4.78 is 6.14. The number of hydrogen-bond acceptors (Lipinski definition) is 2. The first kappa shape index (κ1) is 15.7. The van der Waals surface area contributed by atoms with Crippen LogP contribution in [0.4, 0.5) is 0 Å². The van der Waals surface area contributed by atoms with Crippen molar-refractivity contribution >= 4 is 5.91 Å². The summed E-state index contributed by atoms with van der Waals surface area (Å²) in [5.74, 6) is 1.12. The fraction of sp³-hybridized carbons (Fsp3) is 0.227. The Hall–Kier alpha value is -2.81. The molecule has 0 radical (unpaired) electrons. The van der Waals surface area contributed by atoms with Gasteiger partial charge in [0.1, 0.15) is 11.4 Å². The Morgan fingerprint density at radius 2 is 1.92 bits per heavy atom. The van der Waals surface area contributed by atoms with E-state index in [4.69, 9.17) is 4.74 Å². The van der Waals surface area contributed by atoms with Gasteiger partial charge in [0.25, 0.3) is 5.91 Å². The van der Waals surface area contributed by atoms with E-state index in [0.29, 0.717) is 11.5 Å². The van der Waals surface area contributed by atoms with Crippen LogP contribution < -0.4 is 10.1 Å². The lowest BCUT2D eigenvalue weighted by Gasteiger charge is -2.19. The van der Waals surface area contributed by atoms with Crippen LogP contribution in [0.3, 0.4) is 0 Å². The van der Waals surface area contributed by atoms with Gasteiger partial charge in [0.2, 0.25) is 0 Å². The lowest BCUT2D eigenvalue weighted by molar-refractivity contribution is 0.0966. The fourth-order valence-electron chi connectivity index (χ4n) is 3.22. The van der Waals surface area contributed by atoms with Crippen LogP contribution in [0.5, 0.6) is 5.75 Å². The van der Waals surface area contributed by atoms with Gasteiger partial charge in [-0.1, -0.05) is 43.3 Å². The van der Waals surface area contributed by atoms with Gasteiger partial charge in [0.05, 0.1) is 0 Å². The molecule has 0 saturated heterocycles. The van der Waals surface area contributed by atoms with Crippen molar-refractivity contribution < 1.29 is 9.53 Å². The SMILES string of the molecule is CCc1ccc(C(=O)NC2=CC3CC3(Oc3ccccc3)C=C2)cc1. The predicted octanol–water partition coefficient (Wildman–Crippen LogP) is 4.27. The zero-order chi connectivity index (χ0) is 17.3. The highest BCUT2D eigenvalue weighted by Gasteiger charge is 2.55. The van der Waals surface area contributed by atoms with E-state index in [-0.39, 0.29) is 11.5 Å². The van der Waals surface area contributed by atoms with Crippen molar-refractivity contribution in [1.29, 1.82) is 0 Å². The molecule has 0 bridgehead atoms. The van der Waals surface area contributed by atoms with Gasteiger partial charge in [-0.25, -0.2) is 0 Å². The number of allylic oxidation sites excluding steroid dienone is 1. The summed E-state index contributed by atoms with van der Waals surface area (Å²) in [5, 5.41) is 2.99. The van der Waals surface area contributed by atoms with Gasteiger partial charge in [-0.05, 0) is 48.4 Å². The van der Waals surface area contributed by atoms with E-state index >= 15 is 0 Å². The summed E-state index contributed by atoms with van der Waals surface area (Å²) in [5.41, 5.74) is 2.52. The highest BCUT2D eigenvalue weighted by Crippen LogP contribution is 2.51. The second-order valence-corrected chi connectivity index (χ2v) is 6.64. The molecule has 2 aromatic rings. The van der Waals surface area contributed by atoms with Crippen LogP contribution >= 0.6 is 0 Å². The lowest BCUT2D eigenvalue weighted by Crippen LogP contribution is -2.26. The first-order chi connectivity index (χ1) is 12.2. The number of hydrogen-bond donors (Lipinski definition) is 1. The number of fused-ring (bicyclic) bond motifs is 1. The first-order valence-electron chi connectivity index (χ1n) is 8.74. The quantitative estimate of drug-likeness (QED) is 0.888. The van der Waals surface area contributed by atoms with Crippen LogP contribution in [-0.4, -0.2) is 11.5 Å². The van der Waals surface area contributed by atoms with Crippen LogP contribution in [0.1, 0.15) is 29.3 Å². The van der Waals surface area contributed by atoms with Crippen molar-refractivity contribution in [3.05, 3.63) is 89.6 Å². The molecule has 2 aliphatic carbocycles. The summed E-state index contributed by atoms with van der Waals surface area (Å²) >= 11 is 0. The minimum atomic E-state index is -0.238. The Morgan fingerprint density at radius 3 is 2.60 bits per heavy atom. The van der Waals surface area contributed by atoms with Gasteiger partial charge < -0.3 is 10.1 Å². The molecule has 2 unspecified atom stereocenters. The molecule has 2 atom stereocenters. The third-order valence-electron chi connectivity index (χ3n) is 4.87. The molecular weight excluding hydrogens is 310 g/mol. The van der Waals surface area contributed by atoms with Crippen molar-refractivity contribution in [2.24, 2.45) is 5.92 Å². The minimum absolute atomic E-state index is 0.0734. The highest BCUT2D eigenvalue weighted by atomic mass is 16.5. The van der Waals surface area contributed by atoms with Crippen molar-refractivity contribution in [3.63, 3.8) is 0 Å².